The number of rotatable bonds is 4. The van der Waals surface area contributed by atoms with Gasteiger partial charge in [-0.1, -0.05) is 13.8 Å². The Labute approximate surface area is 147 Å². The van der Waals surface area contributed by atoms with Crippen LogP contribution in [0.15, 0.2) is 12.5 Å². The molecular weight excluding hydrogens is 316 g/mol. The SMILES string of the molecule is Cc1ncncc1C(=O)N1C[C@H](c2nc(C(C)C)n[nH]2)[C@@H](C2CC2)C1. The van der Waals surface area contributed by atoms with Gasteiger partial charge in [0.1, 0.15) is 12.2 Å². The minimum absolute atomic E-state index is 0.0230. The molecule has 0 unspecified atom stereocenters. The molecular formula is C18H24N6O. The van der Waals surface area contributed by atoms with Crippen molar-refractivity contribution in [2.24, 2.45) is 11.8 Å². The molecule has 1 aliphatic heterocycles. The summed E-state index contributed by atoms with van der Waals surface area (Å²) in [5.74, 6) is 3.49. The Bertz CT molecular complexity index is 781. The molecule has 2 atom stereocenters. The van der Waals surface area contributed by atoms with Crippen LogP contribution < -0.4 is 0 Å². The largest absolute Gasteiger partial charge is 0.337 e. The number of aromatic nitrogens is 5. The number of carbonyl (C=O) groups excluding carboxylic acids is 1. The van der Waals surface area contributed by atoms with Gasteiger partial charge in [0.25, 0.3) is 5.91 Å². The first-order chi connectivity index (χ1) is 12.0. The van der Waals surface area contributed by atoms with Gasteiger partial charge in [-0.15, -0.1) is 0 Å². The first-order valence-corrected chi connectivity index (χ1v) is 9.02. The zero-order valence-corrected chi connectivity index (χ0v) is 14.9. The Kier molecular flexibility index (Phi) is 4.01. The zero-order chi connectivity index (χ0) is 17.6. The molecule has 4 rings (SSSR count). The van der Waals surface area contributed by atoms with Crippen LogP contribution in [0.4, 0.5) is 0 Å². The molecule has 1 N–H and O–H groups in total. The van der Waals surface area contributed by atoms with Gasteiger partial charge in [0.2, 0.25) is 0 Å². The van der Waals surface area contributed by atoms with Crippen molar-refractivity contribution in [3.05, 3.63) is 35.4 Å². The molecule has 2 aromatic heterocycles. The van der Waals surface area contributed by atoms with Crippen molar-refractivity contribution in [2.75, 3.05) is 13.1 Å². The highest BCUT2D eigenvalue weighted by molar-refractivity contribution is 5.95. The van der Waals surface area contributed by atoms with E-state index in [0.717, 1.165) is 23.9 Å². The van der Waals surface area contributed by atoms with Crippen molar-refractivity contribution in [3.63, 3.8) is 0 Å². The summed E-state index contributed by atoms with van der Waals surface area (Å²) in [4.78, 5) is 27.8. The van der Waals surface area contributed by atoms with Gasteiger partial charge >= 0.3 is 0 Å². The molecule has 1 aliphatic carbocycles. The summed E-state index contributed by atoms with van der Waals surface area (Å²) >= 11 is 0. The predicted octanol–water partition coefficient (Wildman–Crippen LogP) is 2.29. The lowest BCUT2D eigenvalue weighted by atomic mass is 9.91. The van der Waals surface area contributed by atoms with Crippen LogP contribution in [-0.4, -0.2) is 49.0 Å². The van der Waals surface area contributed by atoms with E-state index in [1.807, 2.05) is 11.8 Å². The highest BCUT2D eigenvalue weighted by Crippen LogP contribution is 2.47. The third-order valence-electron chi connectivity index (χ3n) is 5.41. The van der Waals surface area contributed by atoms with Gasteiger partial charge in [-0.25, -0.2) is 15.0 Å². The summed E-state index contributed by atoms with van der Waals surface area (Å²) in [7, 11) is 0. The standard InChI is InChI=1S/C18H24N6O/c1-10(2)16-21-17(23-22-16)15-8-24(7-14(15)12-4-5-12)18(25)13-6-19-9-20-11(13)3/h6,9-10,12,14-15H,4-5,7-8H2,1-3H3,(H,21,22,23)/t14-,15+/m1/s1. The average molecular weight is 340 g/mol. The van der Waals surface area contributed by atoms with E-state index < -0.39 is 0 Å². The molecule has 2 fully saturated rings. The van der Waals surface area contributed by atoms with E-state index in [1.54, 1.807) is 6.20 Å². The van der Waals surface area contributed by atoms with Crippen LogP contribution in [0.1, 0.15) is 66.2 Å². The van der Waals surface area contributed by atoms with Gasteiger partial charge in [0.05, 0.1) is 11.3 Å². The molecule has 1 saturated carbocycles. The van der Waals surface area contributed by atoms with Crippen LogP contribution in [-0.2, 0) is 0 Å². The summed E-state index contributed by atoms with van der Waals surface area (Å²) in [6.07, 6.45) is 5.60. The molecule has 7 heteroatoms. The van der Waals surface area contributed by atoms with Gasteiger partial charge in [0, 0.05) is 31.1 Å². The van der Waals surface area contributed by atoms with Crippen molar-refractivity contribution in [2.45, 2.75) is 45.4 Å². The third kappa shape index (κ3) is 3.03. The van der Waals surface area contributed by atoms with Crippen LogP contribution in [0.25, 0.3) is 0 Å². The van der Waals surface area contributed by atoms with Crippen LogP contribution in [0, 0.1) is 18.8 Å². The van der Waals surface area contributed by atoms with Gasteiger partial charge in [-0.2, -0.15) is 5.10 Å². The first-order valence-electron chi connectivity index (χ1n) is 9.02. The molecule has 1 amide bonds. The molecule has 132 valence electrons. The van der Waals surface area contributed by atoms with Crippen molar-refractivity contribution in [1.82, 2.24) is 30.0 Å². The molecule has 0 aromatic carbocycles. The Balaban J connectivity index is 1.58. The number of carbonyl (C=O) groups is 1. The third-order valence-corrected chi connectivity index (χ3v) is 5.41. The maximum Gasteiger partial charge on any atom is 0.257 e. The van der Waals surface area contributed by atoms with Gasteiger partial charge in [0.15, 0.2) is 5.82 Å². The van der Waals surface area contributed by atoms with E-state index in [0.29, 0.717) is 29.9 Å². The zero-order valence-electron chi connectivity index (χ0n) is 14.9. The molecule has 0 spiro atoms. The summed E-state index contributed by atoms with van der Waals surface area (Å²) in [5, 5.41) is 7.49. The smallest absolute Gasteiger partial charge is 0.257 e. The summed E-state index contributed by atoms with van der Waals surface area (Å²) < 4.78 is 0. The molecule has 0 radical (unpaired) electrons. The topological polar surface area (TPSA) is 87.7 Å². The Morgan fingerprint density at radius 2 is 2.12 bits per heavy atom. The second-order valence-electron chi connectivity index (χ2n) is 7.57. The quantitative estimate of drug-likeness (QED) is 0.922. The monoisotopic (exact) mass is 340 g/mol. The van der Waals surface area contributed by atoms with E-state index in [9.17, 15) is 4.79 Å². The van der Waals surface area contributed by atoms with Gasteiger partial charge in [-0.3, -0.25) is 9.89 Å². The molecule has 0 bridgehead atoms. The van der Waals surface area contributed by atoms with Gasteiger partial charge < -0.3 is 4.90 Å². The molecule has 25 heavy (non-hydrogen) atoms. The molecule has 7 nitrogen and oxygen atoms in total. The van der Waals surface area contributed by atoms with Crippen molar-refractivity contribution in [1.29, 1.82) is 0 Å². The second-order valence-corrected chi connectivity index (χ2v) is 7.57. The Morgan fingerprint density at radius 3 is 2.76 bits per heavy atom. The number of hydrogen-bond donors (Lipinski definition) is 1. The lowest BCUT2D eigenvalue weighted by Crippen LogP contribution is -2.30. The van der Waals surface area contributed by atoms with Crippen molar-refractivity contribution >= 4 is 5.91 Å². The number of H-pyrrole nitrogens is 1. The fraction of sp³-hybridized carbons (Fsp3) is 0.611. The van der Waals surface area contributed by atoms with Crippen LogP contribution in [0.5, 0.6) is 0 Å². The number of nitrogens with one attached hydrogen (secondary N) is 1. The van der Waals surface area contributed by atoms with E-state index >= 15 is 0 Å². The normalized spacial score (nSPS) is 23.4. The minimum atomic E-state index is 0.0230. The maximum absolute atomic E-state index is 12.9. The molecule has 2 aliphatic rings. The minimum Gasteiger partial charge on any atom is -0.337 e. The fourth-order valence-electron chi connectivity index (χ4n) is 3.77. The van der Waals surface area contributed by atoms with E-state index in [2.05, 4.69) is 34.0 Å². The second kappa shape index (κ2) is 6.20. The highest BCUT2D eigenvalue weighted by atomic mass is 16.2. The number of nitrogens with zero attached hydrogens (tertiary/aromatic N) is 5. The van der Waals surface area contributed by atoms with Crippen molar-refractivity contribution < 1.29 is 4.79 Å². The number of amides is 1. The van der Waals surface area contributed by atoms with E-state index in [-0.39, 0.29) is 11.8 Å². The lowest BCUT2D eigenvalue weighted by molar-refractivity contribution is 0.0783. The number of aromatic amines is 1. The Morgan fingerprint density at radius 1 is 1.32 bits per heavy atom. The Hall–Kier alpha value is -2.31. The average Bonchev–Trinajstić information content (AvgIpc) is 3.15. The molecule has 1 saturated heterocycles. The number of aryl methyl sites for hydroxylation is 1. The maximum atomic E-state index is 12.9. The van der Waals surface area contributed by atoms with Gasteiger partial charge in [-0.05, 0) is 31.6 Å². The number of likely N-dealkylation sites (tertiary alicyclic amines) is 1. The van der Waals surface area contributed by atoms with Crippen LogP contribution >= 0.6 is 0 Å². The van der Waals surface area contributed by atoms with Crippen LogP contribution in [0.2, 0.25) is 0 Å². The van der Waals surface area contributed by atoms with E-state index in [4.69, 9.17) is 4.98 Å². The summed E-state index contributed by atoms with van der Waals surface area (Å²) in [5.41, 5.74) is 1.33. The highest BCUT2D eigenvalue weighted by Gasteiger charge is 2.46. The number of hydrogen-bond acceptors (Lipinski definition) is 5. The van der Waals surface area contributed by atoms with Crippen LogP contribution in [0.3, 0.4) is 0 Å². The molecule has 2 aromatic rings. The van der Waals surface area contributed by atoms with Crippen molar-refractivity contribution in [3.8, 4) is 0 Å². The predicted molar refractivity (Wildman–Crippen MR) is 92.1 cm³/mol. The molecule has 3 heterocycles. The fourth-order valence-corrected chi connectivity index (χ4v) is 3.77. The summed E-state index contributed by atoms with van der Waals surface area (Å²) in [6, 6.07) is 0. The first kappa shape index (κ1) is 16.2. The lowest BCUT2D eigenvalue weighted by Gasteiger charge is -2.16. The van der Waals surface area contributed by atoms with E-state index in [1.165, 1.54) is 19.2 Å². The summed E-state index contributed by atoms with van der Waals surface area (Å²) in [6.45, 7) is 7.50.